The van der Waals surface area contributed by atoms with Gasteiger partial charge in [0.25, 0.3) is 0 Å². The first-order valence-electron chi connectivity index (χ1n) is 15.5. The topological polar surface area (TPSA) is 81.2 Å². The molecule has 3 saturated heterocycles. The Morgan fingerprint density at radius 3 is 2.43 bits per heavy atom. The second-order valence-corrected chi connectivity index (χ2v) is 14.8. The Bertz CT molecular complexity index is 1160. The zero-order valence-electron chi connectivity index (χ0n) is 24.4. The van der Waals surface area contributed by atoms with Crippen molar-refractivity contribution >= 4 is 51.1 Å². The van der Waals surface area contributed by atoms with Gasteiger partial charge in [-0.25, -0.2) is 0 Å². The quantitative estimate of drug-likeness (QED) is 0.180. The predicted molar refractivity (Wildman–Crippen MR) is 173 cm³/mol. The standard InChI is InChI=1S/C33H44BrN3O4S/c1-3-18-35(23-14-8-5-9-15-23)30(39)26-27-31(40)37(20-12-7-13-21-38)29(33(27)22-25(34)28(26)42-33)32(41)36(19-4-2)24-16-10-6-11-17-24/h3-5,8-9,14-15,24-29,38H,1-2,6-7,10-13,16-22H2/t25?,26-,27+,28-,29?,33?/m1/s1. The molecule has 2 bridgehead atoms. The SMILES string of the molecule is C=CCN(C(=O)[C@H]1[C@@H]2SC3(CC2Br)C(C(=O)N(CC=C)C2CCCCC2)N(CCCCCO)C(=O)[C@H]13)c1ccccc1. The predicted octanol–water partition coefficient (Wildman–Crippen LogP) is 5.18. The number of aliphatic hydroxyl groups excluding tert-OH is 1. The number of para-hydroxylation sites is 1. The summed E-state index contributed by atoms with van der Waals surface area (Å²) in [5, 5.41) is 9.25. The first-order chi connectivity index (χ1) is 20.4. The van der Waals surface area contributed by atoms with E-state index in [1.807, 2.05) is 40.1 Å². The molecule has 1 saturated carbocycles. The van der Waals surface area contributed by atoms with E-state index in [2.05, 4.69) is 29.1 Å². The van der Waals surface area contributed by atoms with Gasteiger partial charge in [-0.15, -0.1) is 24.9 Å². The van der Waals surface area contributed by atoms with Crippen molar-refractivity contribution in [3.63, 3.8) is 0 Å². The van der Waals surface area contributed by atoms with Gasteiger partial charge in [-0.05, 0) is 50.7 Å². The van der Waals surface area contributed by atoms with Crippen molar-refractivity contribution in [1.29, 1.82) is 0 Å². The first-order valence-corrected chi connectivity index (χ1v) is 17.3. The Labute approximate surface area is 262 Å². The molecule has 4 fully saturated rings. The van der Waals surface area contributed by atoms with Gasteiger partial charge in [0.05, 0.1) is 16.6 Å². The summed E-state index contributed by atoms with van der Waals surface area (Å²) < 4.78 is -0.672. The molecule has 0 radical (unpaired) electrons. The third-order valence-electron chi connectivity index (χ3n) is 9.64. The van der Waals surface area contributed by atoms with Gasteiger partial charge in [-0.2, -0.15) is 0 Å². The molecule has 3 amide bonds. The van der Waals surface area contributed by atoms with E-state index in [0.29, 0.717) is 38.9 Å². The second-order valence-electron chi connectivity index (χ2n) is 12.1. The van der Waals surface area contributed by atoms with Crippen LogP contribution in [0.1, 0.15) is 57.8 Å². The van der Waals surface area contributed by atoms with E-state index in [9.17, 15) is 19.5 Å². The van der Waals surface area contributed by atoms with Crippen LogP contribution >= 0.6 is 27.7 Å². The summed E-state index contributed by atoms with van der Waals surface area (Å²) in [6.45, 7) is 9.23. The number of aliphatic hydroxyl groups is 1. The van der Waals surface area contributed by atoms with Crippen molar-refractivity contribution in [2.45, 2.75) is 84.7 Å². The first kappa shape index (κ1) is 31.3. The minimum Gasteiger partial charge on any atom is -0.396 e. The maximum Gasteiger partial charge on any atom is 0.247 e. The summed E-state index contributed by atoms with van der Waals surface area (Å²) in [6, 6.07) is 9.09. The summed E-state index contributed by atoms with van der Waals surface area (Å²) in [6.07, 6.45) is 11.7. The van der Waals surface area contributed by atoms with Gasteiger partial charge < -0.3 is 19.8 Å². The molecule has 6 atom stereocenters. The Kier molecular flexibility index (Phi) is 10.2. The lowest BCUT2D eigenvalue weighted by Crippen LogP contribution is -2.57. The van der Waals surface area contributed by atoms with Gasteiger partial charge >= 0.3 is 0 Å². The van der Waals surface area contributed by atoms with Crippen molar-refractivity contribution in [1.82, 2.24) is 9.80 Å². The number of thioether (sulfide) groups is 1. The van der Waals surface area contributed by atoms with Crippen molar-refractivity contribution in [2.75, 3.05) is 31.1 Å². The van der Waals surface area contributed by atoms with Crippen LogP contribution in [0.3, 0.4) is 0 Å². The molecule has 1 N–H and O–H groups in total. The van der Waals surface area contributed by atoms with Crippen LogP contribution in [-0.4, -0.2) is 85.8 Å². The number of carbonyl (C=O) groups is 3. The number of alkyl halides is 1. The monoisotopic (exact) mass is 657 g/mol. The normalized spacial score (nSPS) is 30.3. The number of hydrogen-bond donors (Lipinski definition) is 1. The number of carbonyl (C=O) groups excluding carboxylic acids is 3. The number of amides is 3. The molecule has 3 unspecified atom stereocenters. The molecule has 3 heterocycles. The van der Waals surface area contributed by atoms with Crippen molar-refractivity contribution in [2.24, 2.45) is 11.8 Å². The lowest BCUT2D eigenvalue weighted by molar-refractivity contribution is -0.144. The molecule has 4 aliphatic rings. The fourth-order valence-electron chi connectivity index (χ4n) is 7.85. The number of rotatable bonds is 13. The van der Waals surface area contributed by atoms with Gasteiger partial charge in [0, 0.05) is 48.0 Å². The van der Waals surface area contributed by atoms with Crippen LogP contribution < -0.4 is 4.90 Å². The van der Waals surface area contributed by atoms with E-state index in [-0.39, 0.29) is 40.4 Å². The maximum atomic E-state index is 14.8. The van der Waals surface area contributed by atoms with Crippen LogP contribution in [0, 0.1) is 11.8 Å². The highest BCUT2D eigenvalue weighted by Gasteiger charge is 2.76. The van der Waals surface area contributed by atoms with E-state index >= 15 is 0 Å². The highest BCUT2D eigenvalue weighted by Crippen LogP contribution is 2.68. The zero-order chi connectivity index (χ0) is 29.9. The van der Waals surface area contributed by atoms with Gasteiger partial charge in [0.15, 0.2) is 0 Å². The van der Waals surface area contributed by atoms with E-state index in [1.54, 1.807) is 28.8 Å². The van der Waals surface area contributed by atoms with Crippen LogP contribution in [0.25, 0.3) is 0 Å². The molecule has 5 rings (SSSR count). The summed E-state index contributed by atoms with van der Waals surface area (Å²) in [4.78, 5) is 49.3. The molecule has 228 valence electrons. The summed E-state index contributed by atoms with van der Waals surface area (Å²) in [5.41, 5.74) is 0.781. The largest absolute Gasteiger partial charge is 0.396 e. The van der Waals surface area contributed by atoms with Crippen LogP contribution in [-0.2, 0) is 14.4 Å². The van der Waals surface area contributed by atoms with Gasteiger partial charge in [0.1, 0.15) is 6.04 Å². The van der Waals surface area contributed by atoms with E-state index in [0.717, 1.165) is 37.8 Å². The fourth-order valence-corrected chi connectivity index (χ4v) is 11.4. The Balaban J connectivity index is 1.53. The number of anilines is 1. The molecular weight excluding hydrogens is 614 g/mol. The minimum absolute atomic E-state index is 0.00626. The van der Waals surface area contributed by atoms with Crippen molar-refractivity contribution in [3.05, 3.63) is 55.6 Å². The number of fused-ring (bicyclic) bond motifs is 1. The van der Waals surface area contributed by atoms with Gasteiger partial charge in [-0.1, -0.05) is 65.5 Å². The number of nitrogens with zero attached hydrogens (tertiary/aromatic N) is 3. The molecule has 1 aromatic carbocycles. The van der Waals surface area contributed by atoms with Gasteiger partial charge in [-0.3, -0.25) is 14.4 Å². The van der Waals surface area contributed by atoms with Crippen LogP contribution in [0.15, 0.2) is 55.6 Å². The van der Waals surface area contributed by atoms with Gasteiger partial charge in [0.2, 0.25) is 17.7 Å². The zero-order valence-corrected chi connectivity index (χ0v) is 26.8. The Morgan fingerprint density at radius 2 is 1.76 bits per heavy atom. The molecule has 3 aliphatic heterocycles. The Morgan fingerprint density at radius 1 is 1.05 bits per heavy atom. The number of benzene rings is 1. The minimum atomic E-state index is -0.672. The molecule has 9 heteroatoms. The van der Waals surface area contributed by atoms with E-state index in [4.69, 9.17) is 0 Å². The third-order valence-corrected chi connectivity index (χ3v) is 12.9. The van der Waals surface area contributed by atoms with Crippen LogP contribution in [0.2, 0.25) is 0 Å². The smallest absolute Gasteiger partial charge is 0.247 e. The highest BCUT2D eigenvalue weighted by atomic mass is 79.9. The Hall–Kier alpha value is -2.10. The average Bonchev–Trinajstić information content (AvgIpc) is 3.60. The third kappa shape index (κ3) is 5.61. The molecular formula is C33H44BrN3O4S. The van der Waals surface area contributed by atoms with E-state index < -0.39 is 22.6 Å². The highest BCUT2D eigenvalue weighted by molar-refractivity contribution is 9.09. The van der Waals surface area contributed by atoms with E-state index in [1.165, 1.54) is 6.42 Å². The average molecular weight is 659 g/mol. The molecule has 0 aromatic heterocycles. The lowest BCUT2D eigenvalue weighted by Gasteiger charge is -2.41. The lowest BCUT2D eigenvalue weighted by atomic mass is 9.70. The number of hydrogen-bond acceptors (Lipinski definition) is 5. The molecule has 7 nitrogen and oxygen atoms in total. The van der Waals surface area contributed by atoms with Crippen molar-refractivity contribution < 1.29 is 19.5 Å². The van der Waals surface area contributed by atoms with Crippen LogP contribution in [0.5, 0.6) is 0 Å². The second kappa shape index (κ2) is 13.7. The van der Waals surface area contributed by atoms with Crippen LogP contribution in [0.4, 0.5) is 5.69 Å². The molecule has 1 aromatic rings. The molecule has 42 heavy (non-hydrogen) atoms. The summed E-state index contributed by atoms with van der Waals surface area (Å²) in [5.74, 6) is -1.24. The molecule has 1 spiro atoms. The summed E-state index contributed by atoms with van der Waals surface area (Å²) in [7, 11) is 0. The fraction of sp³-hybridized carbons (Fsp3) is 0.606. The summed E-state index contributed by atoms with van der Waals surface area (Å²) >= 11 is 5.60. The molecule has 1 aliphatic carbocycles. The number of likely N-dealkylation sites (tertiary alicyclic amines) is 1. The number of halogens is 1. The number of unbranched alkanes of at least 4 members (excludes halogenated alkanes) is 2. The van der Waals surface area contributed by atoms with Crippen molar-refractivity contribution in [3.8, 4) is 0 Å². The maximum absolute atomic E-state index is 14.8.